The number of allylic oxidation sites excluding steroid dienone is 2. The summed E-state index contributed by atoms with van der Waals surface area (Å²) in [4.78, 5) is 52.3. The highest BCUT2D eigenvalue weighted by Crippen LogP contribution is 2.66. The highest BCUT2D eigenvalue weighted by Gasteiger charge is 2.76. The van der Waals surface area contributed by atoms with E-state index in [4.69, 9.17) is 34.8 Å². The Labute approximate surface area is 238 Å². The van der Waals surface area contributed by atoms with E-state index < -0.39 is 68.6 Å². The number of alkyl halides is 2. The van der Waals surface area contributed by atoms with Crippen molar-refractivity contribution in [1.29, 1.82) is 0 Å². The molecule has 2 aromatic rings. The highest BCUT2D eigenvalue weighted by atomic mass is 35.5. The Bertz CT molecular complexity index is 1550. The van der Waals surface area contributed by atoms with Crippen LogP contribution in [0.5, 0.6) is 5.75 Å². The molecule has 3 fully saturated rings. The van der Waals surface area contributed by atoms with Gasteiger partial charge < -0.3 is 5.11 Å². The number of carbonyl (C=O) groups excluding carboxylic acids is 4. The lowest BCUT2D eigenvalue weighted by molar-refractivity contribution is -0.138. The van der Waals surface area contributed by atoms with Gasteiger partial charge in [0.1, 0.15) is 0 Å². The van der Waals surface area contributed by atoms with E-state index in [-0.39, 0.29) is 18.4 Å². The Balaban J connectivity index is 1.53. The van der Waals surface area contributed by atoms with Crippen molar-refractivity contribution in [3.63, 3.8) is 0 Å². The number of anilines is 1. The SMILES string of the molecule is Cc1ccc(N2C(=O)[C@H]3[C@H](CC=C4[C@H]3C[C@@]3(Cl)C(=O)N(C)C(=O)[C@@]3(Cl)[C@H]4c3cccc(F)c3O)C2=O)cc1Cl. The number of rotatable bonds is 2. The number of benzene rings is 2. The third-order valence-electron chi connectivity index (χ3n) is 8.76. The molecule has 11 heteroatoms. The van der Waals surface area contributed by atoms with Crippen molar-refractivity contribution < 1.29 is 28.7 Å². The van der Waals surface area contributed by atoms with E-state index in [9.17, 15) is 28.7 Å². The van der Waals surface area contributed by atoms with Gasteiger partial charge in [0.2, 0.25) is 11.8 Å². The molecule has 6 atom stereocenters. The summed E-state index contributed by atoms with van der Waals surface area (Å²) in [5, 5.41) is 11.1. The summed E-state index contributed by atoms with van der Waals surface area (Å²) >= 11 is 20.4. The van der Waals surface area contributed by atoms with Gasteiger partial charge in [-0.25, -0.2) is 9.29 Å². The summed E-state index contributed by atoms with van der Waals surface area (Å²) in [6, 6.07) is 8.72. The molecule has 0 radical (unpaired) electrons. The molecule has 0 bridgehead atoms. The van der Waals surface area contributed by atoms with E-state index in [0.717, 1.165) is 21.4 Å². The van der Waals surface area contributed by atoms with Gasteiger partial charge in [-0.1, -0.05) is 41.4 Å². The van der Waals surface area contributed by atoms with Gasteiger partial charge in [0.25, 0.3) is 11.8 Å². The first-order valence-corrected chi connectivity index (χ1v) is 13.5. The van der Waals surface area contributed by atoms with Crippen LogP contribution in [0, 0.1) is 30.5 Å². The molecule has 1 saturated carbocycles. The molecule has 0 unspecified atom stereocenters. The number of imide groups is 2. The molecule has 2 aromatic carbocycles. The molecule has 7 nitrogen and oxygen atoms in total. The van der Waals surface area contributed by atoms with Crippen LogP contribution in [0.3, 0.4) is 0 Å². The zero-order chi connectivity index (χ0) is 28.2. The van der Waals surface area contributed by atoms with Crippen LogP contribution in [0.4, 0.5) is 10.1 Å². The molecule has 4 amide bonds. The van der Waals surface area contributed by atoms with Crippen LogP contribution >= 0.6 is 34.8 Å². The molecule has 39 heavy (non-hydrogen) atoms. The molecule has 202 valence electrons. The number of nitrogens with zero attached hydrogens (tertiary/aromatic N) is 2. The highest BCUT2D eigenvalue weighted by molar-refractivity contribution is 6.53. The van der Waals surface area contributed by atoms with E-state index in [0.29, 0.717) is 16.3 Å². The zero-order valence-electron chi connectivity index (χ0n) is 20.8. The van der Waals surface area contributed by atoms with Crippen molar-refractivity contribution in [1.82, 2.24) is 4.90 Å². The lowest BCUT2D eigenvalue weighted by Crippen LogP contribution is -2.60. The van der Waals surface area contributed by atoms with Gasteiger partial charge in [-0.15, -0.1) is 23.2 Å². The number of aryl methyl sites for hydroxylation is 1. The second-order valence-electron chi connectivity index (χ2n) is 10.6. The fraction of sp³-hybridized carbons (Fsp3) is 0.357. The van der Waals surface area contributed by atoms with Crippen molar-refractivity contribution in [3.8, 4) is 5.75 Å². The molecular formula is C28H22Cl3FN2O5. The maximum absolute atomic E-state index is 14.6. The number of hydrogen-bond acceptors (Lipinski definition) is 5. The molecule has 2 aliphatic heterocycles. The van der Waals surface area contributed by atoms with Crippen LogP contribution in [-0.4, -0.2) is 50.4 Å². The first-order chi connectivity index (χ1) is 18.3. The van der Waals surface area contributed by atoms with Gasteiger partial charge in [-0.3, -0.25) is 24.1 Å². The summed E-state index contributed by atoms with van der Waals surface area (Å²) in [6.07, 6.45) is 1.66. The lowest BCUT2D eigenvalue weighted by atomic mass is 9.56. The maximum atomic E-state index is 14.6. The molecule has 2 aliphatic carbocycles. The smallest absolute Gasteiger partial charge is 0.253 e. The largest absolute Gasteiger partial charge is 0.505 e. The number of phenols is 1. The van der Waals surface area contributed by atoms with Crippen LogP contribution in [0.15, 0.2) is 48.0 Å². The number of carbonyl (C=O) groups is 4. The zero-order valence-corrected chi connectivity index (χ0v) is 23.0. The predicted molar refractivity (Wildman–Crippen MR) is 142 cm³/mol. The minimum Gasteiger partial charge on any atom is -0.505 e. The van der Waals surface area contributed by atoms with Crippen LogP contribution in [0.2, 0.25) is 5.02 Å². The fourth-order valence-corrected chi connectivity index (χ4v) is 8.02. The predicted octanol–water partition coefficient (Wildman–Crippen LogP) is 4.69. The number of likely N-dealkylation sites (tertiary alicyclic amines) is 1. The number of aromatic hydroxyl groups is 1. The topological polar surface area (TPSA) is 95.0 Å². The van der Waals surface area contributed by atoms with Crippen LogP contribution in [-0.2, 0) is 19.2 Å². The van der Waals surface area contributed by atoms with Crippen molar-refractivity contribution in [2.75, 3.05) is 11.9 Å². The van der Waals surface area contributed by atoms with Gasteiger partial charge in [0.15, 0.2) is 21.3 Å². The van der Waals surface area contributed by atoms with Gasteiger partial charge >= 0.3 is 0 Å². The van der Waals surface area contributed by atoms with E-state index >= 15 is 0 Å². The van der Waals surface area contributed by atoms with E-state index in [1.807, 2.05) is 0 Å². The van der Waals surface area contributed by atoms with Crippen LogP contribution in [0.25, 0.3) is 0 Å². The molecule has 0 aromatic heterocycles. The summed E-state index contributed by atoms with van der Waals surface area (Å²) in [6.45, 7) is 1.80. The molecule has 2 saturated heterocycles. The number of amides is 4. The van der Waals surface area contributed by atoms with E-state index in [1.165, 1.54) is 19.2 Å². The Morgan fingerprint density at radius 3 is 2.44 bits per heavy atom. The maximum Gasteiger partial charge on any atom is 0.253 e. The number of para-hydroxylation sites is 1. The third kappa shape index (κ3) is 3.22. The van der Waals surface area contributed by atoms with Crippen molar-refractivity contribution in [2.45, 2.75) is 35.4 Å². The lowest BCUT2D eigenvalue weighted by Gasteiger charge is -2.50. The first kappa shape index (κ1) is 26.3. The minimum atomic E-state index is -2.10. The number of fused-ring (bicyclic) bond motifs is 4. The average molecular weight is 592 g/mol. The summed E-state index contributed by atoms with van der Waals surface area (Å²) in [5.74, 6) is -7.81. The number of halogens is 4. The van der Waals surface area contributed by atoms with Crippen LogP contribution in [0.1, 0.15) is 29.9 Å². The molecule has 0 spiro atoms. The fourth-order valence-electron chi connectivity index (χ4n) is 6.83. The normalized spacial score (nSPS) is 33.7. The van der Waals surface area contributed by atoms with E-state index in [1.54, 1.807) is 31.2 Å². The Kier molecular flexibility index (Phi) is 5.75. The Hall–Kier alpha value is -2.94. The molecule has 6 rings (SSSR count). The second-order valence-corrected chi connectivity index (χ2v) is 12.3. The summed E-state index contributed by atoms with van der Waals surface area (Å²) < 4.78 is 14.6. The minimum absolute atomic E-state index is 0.0279. The number of phenolic OH excluding ortho intramolecular Hbond substituents is 1. The molecule has 2 heterocycles. The summed E-state index contributed by atoms with van der Waals surface area (Å²) in [7, 11) is 1.26. The van der Waals surface area contributed by atoms with E-state index in [2.05, 4.69) is 0 Å². The van der Waals surface area contributed by atoms with Crippen LogP contribution < -0.4 is 4.90 Å². The van der Waals surface area contributed by atoms with Crippen molar-refractivity contribution in [2.24, 2.45) is 17.8 Å². The molecular weight excluding hydrogens is 570 g/mol. The second kappa shape index (κ2) is 8.53. The van der Waals surface area contributed by atoms with Crippen molar-refractivity contribution >= 4 is 64.1 Å². The van der Waals surface area contributed by atoms with Gasteiger partial charge in [0, 0.05) is 23.6 Å². The van der Waals surface area contributed by atoms with Gasteiger partial charge in [-0.05, 0) is 49.4 Å². The average Bonchev–Trinajstić information content (AvgIpc) is 3.23. The number of hydrogen-bond donors (Lipinski definition) is 1. The van der Waals surface area contributed by atoms with Crippen molar-refractivity contribution in [3.05, 3.63) is 70.0 Å². The van der Waals surface area contributed by atoms with Gasteiger partial charge in [0.05, 0.1) is 17.5 Å². The quantitative estimate of drug-likeness (QED) is 0.311. The monoisotopic (exact) mass is 590 g/mol. The molecule has 1 N–H and O–H groups in total. The van der Waals surface area contributed by atoms with Gasteiger partial charge in [-0.2, -0.15) is 0 Å². The Morgan fingerprint density at radius 1 is 1.03 bits per heavy atom. The molecule has 4 aliphatic rings. The summed E-state index contributed by atoms with van der Waals surface area (Å²) in [5.41, 5.74) is 1.54. The Morgan fingerprint density at radius 2 is 1.74 bits per heavy atom. The third-order valence-corrected chi connectivity index (χ3v) is 10.6. The first-order valence-electron chi connectivity index (χ1n) is 12.4. The standard InChI is InChI=1S/C28H22Cl3FN2O5/c1-12-6-7-13(10-18(12)29)34-23(36)15-9-8-14-17(20(15)24(34)37)11-27(30)25(38)33(2)26(39)28(27,31)21(14)16-4-3-5-19(32)22(16)35/h3-8,10,15,17,20-21,35H,9,11H2,1-2H3/t15-,17+,20-,21+,27+,28-/m0/s1.